The molecule has 96 valence electrons. The highest BCUT2D eigenvalue weighted by Gasteiger charge is 2.22. The Hall–Kier alpha value is -1.03. The van der Waals surface area contributed by atoms with E-state index in [1.165, 1.54) is 11.4 Å². The van der Waals surface area contributed by atoms with Gasteiger partial charge < -0.3 is 10.6 Å². The summed E-state index contributed by atoms with van der Waals surface area (Å²) in [5.41, 5.74) is 9.71. The van der Waals surface area contributed by atoms with Crippen molar-refractivity contribution in [2.24, 2.45) is 5.73 Å². The van der Waals surface area contributed by atoms with Crippen molar-refractivity contribution in [3.8, 4) is 0 Å². The molecule has 0 amide bonds. The van der Waals surface area contributed by atoms with E-state index in [1.807, 2.05) is 0 Å². The first kappa shape index (κ1) is 12.4. The van der Waals surface area contributed by atoms with Crippen LogP contribution in [-0.4, -0.2) is 28.9 Å². The number of aromatic nitrogens is 2. The third-order valence-electron chi connectivity index (χ3n) is 3.63. The van der Waals surface area contributed by atoms with Crippen LogP contribution in [0, 0.1) is 13.8 Å². The number of anilines is 1. The Bertz CT molecular complexity index is 386. The van der Waals surface area contributed by atoms with E-state index in [2.05, 4.69) is 42.4 Å². The number of piperidine rings is 1. The maximum Gasteiger partial charge on any atom is 0.0830 e. The lowest BCUT2D eigenvalue weighted by molar-refractivity contribution is 0.497. The third-order valence-corrected chi connectivity index (χ3v) is 3.63. The van der Waals surface area contributed by atoms with Crippen molar-refractivity contribution < 1.29 is 0 Å². The van der Waals surface area contributed by atoms with Gasteiger partial charge >= 0.3 is 0 Å². The summed E-state index contributed by atoms with van der Waals surface area (Å²) >= 11 is 0. The van der Waals surface area contributed by atoms with Gasteiger partial charge in [0.25, 0.3) is 0 Å². The molecule has 1 saturated heterocycles. The molecule has 2 N–H and O–H groups in total. The molecule has 0 unspecified atom stereocenters. The highest BCUT2D eigenvalue weighted by Crippen LogP contribution is 2.28. The van der Waals surface area contributed by atoms with Gasteiger partial charge in [0.15, 0.2) is 0 Å². The lowest BCUT2D eigenvalue weighted by Crippen LogP contribution is -2.40. The van der Waals surface area contributed by atoms with Crippen LogP contribution in [-0.2, 0) is 0 Å². The van der Waals surface area contributed by atoms with Gasteiger partial charge in [0.05, 0.1) is 17.1 Å². The Balaban J connectivity index is 2.26. The lowest BCUT2D eigenvalue weighted by atomic mass is 10.1. The third kappa shape index (κ3) is 2.32. The molecule has 0 saturated carbocycles. The van der Waals surface area contributed by atoms with Crippen molar-refractivity contribution in [3.63, 3.8) is 0 Å². The predicted molar refractivity (Wildman–Crippen MR) is 71.5 cm³/mol. The fourth-order valence-electron chi connectivity index (χ4n) is 2.74. The molecule has 1 aliphatic heterocycles. The van der Waals surface area contributed by atoms with Crippen LogP contribution in [0.15, 0.2) is 0 Å². The van der Waals surface area contributed by atoms with Gasteiger partial charge in [-0.15, -0.1) is 0 Å². The van der Waals surface area contributed by atoms with Crippen LogP contribution in [0.3, 0.4) is 0 Å². The Morgan fingerprint density at radius 2 is 1.82 bits per heavy atom. The second-order valence-electron chi connectivity index (χ2n) is 5.38. The first-order chi connectivity index (χ1) is 8.00. The van der Waals surface area contributed by atoms with Crippen LogP contribution >= 0.6 is 0 Å². The molecule has 0 aromatic carbocycles. The first-order valence-corrected chi connectivity index (χ1v) is 6.57. The fourth-order valence-corrected chi connectivity index (χ4v) is 2.74. The van der Waals surface area contributed by atoms with E-state index in [1.54, 1.807) is 0 Å². The zero-order valence-electron chi connectivity index (χ0n) is 11.4. The second-order valence-corrected chi connectivity index (χ2v) is 5.38. The summed E-state index contributed by atoms with van der Waals surface area (Å²) < 4.78 is 2.12. The minimum atomic E-state index is 0.381. The molecular formula is C13H24N4. The van der Waals surface area contributed by atoms with E-state index in [0.717, 1.165) is 31.6 Å². The van der Waals surface area contributed by atoms with E-state index < -0.39 is 0 Å². The van der Waals surface area contributed by atoms with Crippen molar-refractivity contribution in [2.75, 3.05) is 18.0 Å². The van der Waals surface area contributed by atoms with Crippen molar-refractivity contribution in [2.45, 2.75) is 52.6 Å². The van der Waals surface area contributed by atoms with Crippen LogP contribution in [0.1, 0.15) is 44.1 Å². The van der Waals surface area contributed by atoms with Gasteiger partial charge in [-0.05, 0) is 40.5 Å². The van der Waals surface area contributed by atoms with E-state index in [0.29, 0.717) is 12.1 Å². The quantitative estimate of drug-likeness (QED) is 0.854. The Morgan fingerprint density at radius 1 is 1.24 bits per heavy atom. The maximum atomic E-state index is 5.96. The molecule has 17 heavy (non-hydrogen) atoms. The zero-order valence-corrected chi connectivity index (χ0v) is 11.4. The fraction of sp³-hybridized carbons (Fsp3) is 0.769. The molecule has 0 atom stereocenters. The van der Waals surface area contributed by atoms with Gasteiger partial charge in [-0.2, -0.15) is 5.10 Å². The minimum absolute atomic E-state index is 0.381. The Labute approximate surface area is 104 Å². The van der Waals surface area contributed by atoms with Crippen LogP contribution in [0.5, 0.6) is 0 Å². The van der Waals surface area contributed by atoms with Gasteiger partial charge in [-0.25, -0.2) is 0 Å². The summed E-state index contributed by atoms with van der Waals surface area (Å²) in [4.78, 5) is 2.44. The molecule has 2 heterocycles. The number of hydrogen-bond acceptors (Lipinski definition) is 3. The van der Waals surface area contributed by atoms with Gasteiger partial charge in [0.2, 0.25) is 0 Å². The van der Waals surface area contributed by atoms with E-state index in [-0.39, 0.29) is 0 Å². The molecule has 0 radical (unpaired) electrons. The molecule has 1 aromatic heterocycles. The summed E-state index contributed by atoms with van der Waals surface area (Å²) in [6.45, 7) is 10.8. The molecule has 1 aliphatic rings. The van der Waals surface area contributed by atoms with Crippen molar-refractivity contribution in [1.29, 1.82) is 0 Å². The number of nitrogens with zero attached hydrogens (tertiary/aromatic N) is 3. The molecule has 1 fully saturated rings. The smallest absolute Gasteiger partial charge is 0.0830 e. The van der Waals surface area contributed by atoms with E-state index in [4.69, 9.17) is 5.73 Å². The summed E-state index contributed by atoms with van der Waals surface area (Å²) in [7, 11) is 0. The lowest BCUT2D eigenvalue weighted by Gasteiger charge is -2.32. The van der Waals surface area contributed by atoms with E-state index >= 15 is 0 Å². The van der Waals surface area contributed by atoms with Crippen molar-refractivity contribution >= 4 is 5.69 Å². The molecule has 1 aromatic rings. The standard InChI is InChI=1S/C13H24N4/c1-9(2)17-11(4)13(10(3)15-17)16-7-5-12(14)6-8-16/h9,12H,5-8,14H2,1-4H3. The maximum absolute atomic E-state index is 5.96. The number of hydrogen-bond donors (Lipinski definition) is 1. The highest BCUT2D eigenvalue weighted by atomic mass is 15.3. The predicted octanol–water partition coefficient (Wildman–Crippen LogP) is 2.01. The Morgan fingerprint density at radius 3 is 2.29 bits per heavy atom. The summed E-state index contributed by atoms with van der Waals surface area (Å²) in [5, 5.41) is 4.65. The largest absolute Gasteiger partial charge is 0.368 e. The average molecular weight is 236 g/mol. The van der Waals surface area contributed by atoms with Gasteiger partial charge in [-0.1, -0.05) is 0 Å². The number of nitrogens with two attached hydrogens (primary N) is 1. The Kier molecular flexibility index (Phi) is 3.43. The van der Waals surface area contributed by atoms with Crippen LogP contribution in [0.2, 0.25) is 0 Å². The summed E-state index contributed by atoms with van der Waals surface area (Å²) in [5.74, 6) is 0. The molecule has 0 aliphatic carbocycles. The van der Waals surface area contributed by atoms with Crippen molar-refractivity contribution in [3.05, 3.63) is 11.4 Å². The monoisotopic (exact) mass is 236 g/mol. The molecule has 2 rings (SSSR count). The van der Waals surface area contributed by atoms with Crippen molar-refractivity contribution in [1.82, 2.24) is 9.78 Å². The average Bonchev–Trinajstić information content (AvgIpc) is 2.56. The number of aryl methyl sites for hydroxylation is 1. The molecule has 4 nitrogen and oxygen atoms in total. The van der Waals surface area contributed by atoms with Crippen LogP contribution in [0.4, 0.5) is 5.69 Å². The summed E-state index contributed by atoms with van der Waals surface area (Å²) in [6.07, 6.45) is 2.18. The summed E-state index contributed by atoms with van der Waals surface area (Å²) in [6, 6.07) is 0.807. The normalized spacial score (nSPS) is 18.1. The second kappa shape index (κ2) is 4.69. The van der Waals surface area contributed by atoms with E-state index in [9.17, 15) is 0 Å². The van der Waals surface area contributed by atoms with Crippen LogP contribution in [0.25, 0.3) is 0 Å². The molecule has 4 heteroatoms. The molecule has 0 spiro atoms. The van der Waals surface area contributed by atoms with Crippen LogP contribution < -0.4 is 10.6 Å². The minimum Gasteiger partial charge on any atom is -0.368 e. The SMILES string of the molecule is Cc1nn(C(C)C)c(C)c1N1CCC(N)CC1. The van der Waals surface area contributed by atoms with Gasteiger partial charge in [-0.3, -0.25) is 4.68 Å². The molecule has 0 bridgehead atoms. The van der Waals surface area contributed by atoms with Gasteiger partial charge in [0.1, 0.15) is 0 Å². The molecular weight excluding hydrogens is 212 g/mol. The number of rotatable bonds is 2. The highest BCUT2D eigenvalue weighted by molar-refractivity contribution is 5.55. The first-order valence-electron chi connectivity index (χ1n) is 6.57. The zero-order chi connectivity index (χ0) is 12.6. The topological polar surface area (TPSA) is 47.1 Å². The van der Waals surface area contributed by atoms with Gasteiger partial charge in [0, 0.05) is 25.2 Å².